The van der Waals surface area contributed by atoms with Crippen LogP contribution >= 0.6 is 15.9 Å². The predicted octanol–water partition coefficient (Wildman–Crippen LogP) is 2.20. The Balaban J connectivity index is 2.18. The minimum absolute atomic E-state index is 0.00933. The molecular weight excluding hydrogens is 260 g/mol. The zero-order chi connectivity index (χ0) is 10.8. The maximum Gasteiger partial charge on any atom is 0.179 e. The first-order chi connectivity index (χ1) is 7.18. The molecule has 2 aromatic heterocycles. The standard InChI is InChI=1S/C10H9BrN2O2/c1-13-4-3-12-9(13)6-8(14)7-2-5-15-10(7)11/h2-5H,6H2,1H3. The van der Waals surface area contributed by atoms with Gasteiger partial charge in [0.15, 0.2) is 10.5 Å². The van der Waals surface area contributed by atoms with Crippen molar-refractivity contribution in [2.45, 2.75) is 6.42 Å². The molecule has 0 fully saturated rings. The number of hydrogen-bond donors (Lipinski definition) is 0. The molecule has 5 heteroatoms. The van der Waals surface area contributed by atoms with Gasteiger partial charge in [-0.3, -0.25) is 4.79 Å². The molecule has 2 rings (SSSR count). The highest BCUT2D eigenvalue weighted by molar-refractivity contribution is 9.10. The number of aromatic nitrogens is 2. The van der Waals surface area contributed by atoms with E-state index in [2.05, 4.69) is 20.9 Å². The summed E-state index contributed by atoms with van der Waals surface area (Å²) in [6, 6.07) is 1.65. The summed E-state index contributed by atoms with van der Waals surface area (Å²) in [6.45, 7) is 0. The molecule has 0 radical (unpaired) electrons. The second-order valence-corrected chi connectivity index (χ2v) is 3.88. The topological polar surface area (TPSA) is 48.0 Å². The van der Waals surface area contributed by atoms with Gasteiger partial charge in [0, 0.05) is 19.4 Å². The minimum Gasteiger partial charge on any atom is -0.457 e. The molecule has 0 N–H and O–H groups in total. The molecule has 4 nitrogen and oxygen atoms in total. The van der Waals surface area contributed by atoms with Crippen molar-refractivity contribution in [3.63, 3.8) is 0 Å². The number of Topliss-reactive ketones (excluding diaryl/α,β-unsaturated/α-hetero) is 1. The van der Waals surface area contributed by atoms with E-state index in [4.69, 9.17) is 4.42 Å². The molecule has 78 valence electrons. The van der Waals surface area contributed by atoms with E-state index in [0.29, 0.717) is 10.2 Å². The Morgan fingerprint density at radius 3 is 3.00 bits per heavy atom. The van der Waals surface area contributed by atoms with Crippen LogP contribution in [0.5, 0.6) is 0 Å². The van der Waals surface area contributed by atoms with Gasteiger partial charge < -0.3 is 8.98 Å². The molecule has 15 heavy (non-hydrogen) atoms. The Morgan fingerprint density at radius 2 is 2.47 bits per heavy atom. The Bertz CT molecular complexity index is 487. The van der Waals surface area contributed by atoms with E-state index in [0.717, 1.165) is 5.82 Å². The molecule has 0 atom stereocenters. The Hall–Kier alpha value is -1.36. The first-order valence-corrected chi connectivity index (χ1v) is 5.20. The largest absolute Gasteiger partial charge is 0.457 e. The van der Waals surface area contributed by atoms with Crippen LogP contribution in [-0.4, -0.2) is 15.3 Å². The van der Waals surface area contributed by atoms with E-state index in [1.807, 2.05) is 17.8 Å². The van der Waals surface area contributed by atoms with Crippen molar-refractivity contribution < 1.29 is 9.21 Å². The quantitative estimate of drug-likeness (QED) is 0.802. The van der Waals surface area contributed by atoms with Crippen molar-refractivity contribution in [3.8, 4) is 0 Å². The van der Waals surface area contributed by atoms with Gasteiger partial charge >= 0.3 is 0 Å². The second-order valence-electron chi connectivity index (χ2n) is 3.16. The number of nitrogens with zero attached hydrogens (tertiary/aromatic N) is 2. The van der Waals surface area contributed by atoms with Crippen LogP contribution in [0, 0.1) is 0 Å². The molecule has 0 saturated carbocycles. The van der Waals surface area contributed by atoms with Gasteiger partial charge in [0.25, 0.3) is 0 Å². The predicted molar refractivity (Wildman–Crippen MR) is 57.7 cm³/mol. The SMILES string of the molecule is Cn1ccnc1CC(=O)c1ccoc1Br. The van der Waals surface area contributed by atoms with Gasteiger partial charge in [-0.25, -0.2) is 4.98 Å². The highest BCUT2D eigenvalue weighted by atomic mass is 79.9. The smallest absolute Gasteiger partial charge is 0.179 e. The third-order valence-electron chi connectivity index (χ3n) is 2.16. The van der Waals surface area contributed by atoms with Crippen molar-refractivity contribution >= 4 is 21.7 Å². The monoisotopic (exact) mass is 268 g/mol. The van der Waals surface area contributed by atoms with Gasteiger partial charge in [0.2, 0.25) is 0 Å². The van der Waals surface area contributed by atoms with Crippen molar-refractivity contribution in [2.75, 3.05) is 0 Å². The van der Waals surface area contributed by atoms with E-state index in [9.17, 15) is 4.79 Å². The van der Waals surface area contributed by atoms with Crippen LogP contribution in [-0.2, 0) is 13.5 Å². The highest BCUT2D eigenvalue weighted by Crippen LogP contribution is 2.19. The van der Waals surface area contributed by atoms with Crippen LogP contribution in [0.3, 0.4) is 0 Å². The summed E-state index contributed by atoms with van der Waals surface area (Å²) in [5.74, 6) is 0.734. The lowest BCUT2D eigenvalue weighted by Gasteiger charge is -1.99. The summed E-state index contributed by atoms with van der Waals surface area (Å²) in [6.07, 6.45) is 5.25. The van der Waals surface area contributed by atoms with Gasteiger partial charge in [-0.05, 0) is 22.0 Å². The van der Waals surface area contributed by atoms with Crippen molar-refractivity contribution in [1.29, 1.82) is 0 Å². The summed E-state index contributed by atoms with van der Waals surface area (Å²) < 4.78 is 7.30. The maximum absolute atomic E-state index is 11.8. The molecule has 2 aromatic rings. The average Bonchev–Trinajstić information content (AvgIpc) is 2.76. The number of carbonyl (C=O) groups is 1. The summed E-state index contributed by atoms with van der Waals surface area (Å²) in [7, 11) is 1.86. The molecule has 0 amide bonds. The van der Waals surface area contributed by atoms with Gasteiger partial charge in [-0.15, -0.1) is 0 Å². The molecule has 0 saturated heterocycles. The van der Waals surface area contributed by atoms with E-state index >= 15 is 0 Å². The van der Waals surface area contributed by atoms with Crippen LogP contribution in [0.4, 0.5) is 0 Å². The highest BCUT2D eigenvalue weighted by Gasteiger charge is 2.14. The number of ketones is 1. The van der Waals surface area contributed by atoms with Crippen LogP contribution < -0.4 is 0 Å². The van der Waals surface area contributed by atoms with Gasteiger partial charge in [0.05, 0.1) is 18.2 Å². The summed E-state index contributed by atoms with van der Waals surface area (Å²) in [4.78, 5) is 15.9. The molecule has 0 aliphatic carbocycles. The molecule has 0 aromatic carbocycles. The first kappa shape index (κ1) is 10.2. The number of carbonyl (C=O) groups excluding carboxylic acids is 1. The number of rotatable bonds is 3. The van der Waals surface area contributed by atoms with Gasteiger partial charge in [-0.2, -0.15) is 0 Å². The Morgan fingerprint density at radius 1 is 1.67 bits per heavy atom. The van der Waals surface area contributed by atoms with Crippen molar-refractivity contribution in [2.24, 2.45) is 7.05 Å². The normalized spacial score (nSPS) is 10.5. The van der Waals surface area contributed by atoms with E-state index in [1.165, 1.54) is 6.26 Å². The number of furan rings is 1. The van der Waals surface area contributed by atoms with Crippen molar-refractivity contribution in [1.82, 2.24) is 9.55 Å². The minimum atomic E-state index is -0.00933. The number of imidazole rings is 1. The van der Waals surface area contributed by atoms with Crippen LogP contribution in [0.25, 0.3) is 0 Å². The fraction of sp³-hybridized carbons (Fsp3) is 0.200. The van der Waals surface area contributed by atoms with Crippen LogP contribution in [0.1, 0.15) is 16.2 Å². The first-order valence-electron chi connectivity index (χ1n) is 4.41. The lowest BCUT2D eigenvalue weighted by molar-refractivity contribution is 0.0988. The molecule has 2 heterocycles. The molecule has 0 bridgehead atoms. The Labute approximate surface area is 95.0 Å². The summed E-state index contributed by atoms with van der Waals surface area (Å²) >= 11 is 3.17. The third kappa shape index (κ3) is 2.02. The number of hydrogen-bond acceptors (Lipinski definition) is 3. The zero-order valence-electron chi connectivity index (χ0n) is 8.11. The fourth-order valence-electron chi connectivity index (χ4n) is 1.30. The lowest BCUT2D eigenvalue weighted by Crippen LogP contribution is -2.07. The average molecular weight is 269 g/mol. The number of aryl methyl sites for hydroxylation is 1. The van der Waals surface area contributed by atoms with E-state index in [1.54, 1.807) is 12.3 Å². The fourth-order valence-corrected chi connectivity index (χ4v) is 1.76. The molecule has 0 spiro atoms. The molecule has 0 aliphatic heterocycles. The maximum atomic E-state index is 11.8. The molecular formula is C10H9BrN2O2. The van der Waals surface area contributed by atoms with Gasteiger partial charge in [-0.1, -0.05) is 0 Å². The third-order valence-corrected chi connectivity index (χ3v) is 2.77. The summed E-state index contributed by atoms with van der Waals surface area (Å²) in [5.41, 5.74) is 0.554. The van der Waals surface area contributed by atoms with E-state index < -0.39 is 0 Å². The zero-order valence-corrected chi connectivity index (χ0v) is 9.69. The molecule has 0 unspecified atom stereocenters. The Kier molecular flexibility index (Phi) is 2.73. The lowest BCUT2D eigenvalue weighted by atomic mass is 10.1. The van der Waals surface area contributed by atoms with Crippen LogP contribution in [0.2, 0.25) is 0 Å². The summed E-state index contributed by atoms with van der Waals surface area (Å²) in [5, 5.41) is 0. The number of halogens is 1. The van der Waals surface area contributed by atoms with E-state index in [-0.39, 0.29) is 12.2 Å². The van der Waals surface area contributed by atoms with Crippen molar-refractivity contribution in [3.05, 3.63) is 40.8 Å². The molecule has 0 aliphatic rings. The van der Waals surface area contributed by atoms with Crippen LogP contribution in [0.15, 0.2) is 33.8 Å². The second kappa shape index (κ2) is 4.02. The van der Waals surface area contributed by atoms with Gasteiger partial charge in [0.1, 0.15) is 5.82 Å².